The fraction of sp³-hybridized carbons (Fsp3) is 0.500. The average molecular weight is 244 g/mol. The van der Waals surface area contributed by atoms with Gasteiger partial charge < -0.3 is 15.3 Å². The number of aliphatic carboxylic acids is 2. The van der Waals surface area contributed by atoms with Crippen molar-refractivity contribution in [3.05, 3.63) is 24.8 Å². The summed E-state index contributed by atoms with van der Waals surface area (Å²) in [6, 6.07) is 0. The standard InChI is InChI=1S/C7H14O.C5H6O4/c1-3-5-6-7(8)4-2;1-3(5(8)9)2-4(6)7/h4,7-8H,2-3,5-6H2,1H3;1-2H2,(H,6,7)(H,8,9). The number of aliphatic hydroxyl groups excluding tert-OH is 1. The highest BCUT2D eigenvalue weighted by molar-refractivity contribution is 5.91. The second-order valence-electron chi connectivity index (χ2n) is 3.42. The van der Waals surface area contributed by atoms with Gasteiger partial charge in [-0.05, 0) is 6.42 Å². The first-order valence-corrected chi connectivity index (χ1v) is 5.28. The SMILES string of the molecule is C=C(CC(=O)O)C(=O)O.C=CC(O)CCCC. The van der Waals surface area contributed by atoms with E-state index in [9.17, 15) is 9.59 Å². The van der Waals surface area contributed by atoms with Gasteiger partial charge in [-0.25, -0.2) is 4.79 Å². The quantitative estimate of drug-likeness (QED) is 0.469. The Balaban J connectivity index is 0. The molecule has 5 nitrogen and oxygen atoms in total. The van der Waals surface area contributed by atoms with Gasteiger partial charge in [0.1, 0.15) is 0 Å². The smallest absolute Gasteiger partial charge is 0.331 e. The van der Waals surface area contributed by atoms with Crippen LogP contribution in [0.15, 0.2) is 24.8 Å². The summed E-state index contributed by atoms with van der Waals surface area (Å²) in [5, 5.41) is 24.9. The highest BCUT2D eigenvalue weighted by atomic mass is 16.4. The number of unbranched alkanes of at least 4 members (excludes halogenated alkanes) is 1. The Labute approximate surface area is 101 Å². The van der Waals surface area contributed by atoms with Crippen LogP contribution in [0.1, 0.15) is 32.6 Å². The van der Waals surface area contributed by atoms with Crippen LogP contribution in [0, 0.1) is 0 Å². The first-order valence-electron chi connectivity index (χ1n) is 5.28. The molecule has 0 aromatic rings. The van der Waals surface area contributed by atoms with Gasteiger partial charge in [-0.1, -0.05) is 32.4 Å². The van der Waals surface area contributed by atoms with E-state index in [1.165, 1.54) is 0 Å². The number of carbonyl (C=O) groups is 2. The highest BCUT2D eigenvalue weighted by Crippen LogP contribution is 1.99. The topological polar surface area (TPSA) is 94.8 Å². The van der Waals surface area contributed by atoms with Gasteiger partial charge in [-0.15, -0.1) is 6.58 Å². The molecule has 0 rings (SSSR count). The molecule has 3 N–H and O–H groups in total. The minimum Gasteiger partial charge on any atom is -0.481 e. The molecule has 1 atom stereocenters. The molecule has 0 heterocycles. The largest absolute Gasteiger partial charge is 0.481 e. The van der Waals surface area contributed by atoms with Crippen LogP contribution in [-0.4, -0.2) is 33.4 Å². The summed E-state index contributed by atoms with van der Waals surface area (Å²) < 4.78 is 0. The molecule has 0 radical (unpaired) electrons. The molecular weight excluding hydrogens is 224 g/mol. The lowest BCUT2D eigenvalue weighted by Gasteiger charge is -2.00. The van der Waals surface area contributed by atoms with E-state index >= 15 is 0 Å². The Kier molecular flexibility index (Phi) is 11.4. The summed E-state index contributed by atoms with van der Waals surface area (Å²) in [5.74, 6) is -2.44. The Morgan fingerprint density at radius 3 is 2.12 bits per heavy atom. The van der Waals surface area contributed by atoms with Crippen molar-refractivity contribution >= 4 is 11.9 Å². The maximum absolute atomic E-state index is 9.87. The lowest BCUT2D eigenvalue weighted by molar-refractivity contribution is -0.139. The molecule has 0 aromatic carbocycles. The van der Waals surface area contributed by atoms with Gasteiger partial charge >= 0.3 is 11.9 Å². The Morgan fingerprint density at radius 2 is 1.88 bits per heavy atom. The van der Waals surface area contributed by atoms with Crippen molar-refractivity contribution in [1.29, 1.82) is 0 Å². The minimum absolute atomic E-state index is 0.282. The number of carboxylic acid groups (broad SMARTS) is 2. The Hall–Kier alpha value is -1.62. The molecule has 1 unspecified atom stereocenters. The highest BCUT2D eigenvalue weighted by Gasteiger charge is 2.07. The zero-order valence-corrected chi connectivity index (χ0v) is 10.1. The van der Waals surface area contributed by atoms with E-state index in [1.54, 1.807) is 6.08 Å². The van der Waals surface area contributed by atoms with E-state index in [2.05, 4.69) is 20.1 Å². The fourth-order valence-electron chi connectivity index (χ4n) is 0.789. The predicted octanol–water partition coefficient (Wildman–Crippen LogP) is 1.83. The van der Waals surface area contributed by atoms with Crippen molar-refractivity contribution in [1.82, 2.24) is 0 Å². The van der Waals surface area contributed by atoms with Gasteiger partial charge in [0.2, 0.25) is 0 Å². The molecule has 5 heteroatoms. The molecule has 17 heavy (non-hydrogen) atoms. The second kappa shape index (κ2) is 10.9. The molecule has 0 spiro atoms. The van der Waals surface area contributed by atoms with Crippen LogP contribution >= 0.6 is 0 Å². The first-order chi connectivity index (χ1) is 7.84. The number of hydrogen-bond donors (Lipinski definition) is 3. The van der Waals surface area contributed by atoms with Crippen LogP contribution < -0.4 is 0 Å². The van der Waals surface area contributed by atoms with Gasteiger partial charge in [0, 0.05) is 5.57 Å². The first kappa shape index (κ1) is 17.8. The number of hydrogen-bond acceptors (Lipinski definition) is 3. The van der Waals surface area contributed by atoms with Crippen LogP contribution in [0.2, 0.25) is 0 Å². The van der Waals surface area contributed by atoms with Gasteiger partial charge in [0.15, 0.2) is 0 Å². The van der Waals surface area contributed by atoms with E-state index in [1.807, 2.05) is 0 Å². The summed E-state index contributed by atoms with van der Waals surface area (Å²) in [7, 11) is 0. The Bertz CT molecular complexity index is 270. The monoisotopic (exact) mass is 244 g/mol. The summed E-state index contributed by atoms with van der Waals surface area (Å²) >= 11 is 0. The van der Waals surface area contributed by atoms with Crippen molar-refractivity contribution in [2.75, 3.05) is 0 Å². The second-order valence-corrected chi connectivity index (χ2v) is 3.42. The third-order valence-corrected chi connectivity index (χ3v) is 1.79. The van der Waals surface area contributed by atoms with E-state index in [-0.39, 0.29) is 11.7 Å². The van der Waals surface area contributed by atoms with Crippen molar-refractivity contribution in [2.24, 2.45) is 0 Å². The van der Waals surface area contributed by atoms with Crippen molar-refractivity contribution in [3.8, 4) is 0 Å². The summed E-state index contributed by atoms with van der Waals surface area (Å²) in [6.07, 6.45) is 3.89. The van der Waals surface area contributed by atoms with E-state index in [4.69, 9.17) is 15.3 Å². The molecule has 0 aliphatic rings. The van der Waals surface area contributed by atoms with Crippen LogP contribution in [0.5, 0.6) is 0 Å². The minimum atomic E-state index is -1.27. The van der Waals surface area contributed by atoms with Crippen molar-refractivity contribution in [2.45, 2.75) is 38.7 Å². The lowest BCUT2D eigenvalue weighted by atomic mass is 10.2. The molecule has 0 fully saturated rings. The normalized spacial score (nSPS) is 10.7. The lowest BCUT2D eigenvalue weighted by Crippen LogP contribution is -2.04. The molecule has 0 saturated carbocycles. The van der Waals surface area contributed by atoms with E-state index < -0.39 is 18.4 Å². The maximum Gasteiger partial charge on any atom is 0.331 e. The van der Waals surface area contributed by atoms with Crippen LogP contribution in [0.25, 0.3) is 0 Å². The zero-order valence-electron chi connectivity index (χ0n) is 10.1. The number of rotatable bonds is 7. The molecule has 0 saturated heterocycles. The fourth-order valence-corrected chi connectivity index (χ4v) is 0.789. The van der Waals surface area contributed by atoms with Crippen LogP contribution in [0.3, 0.4) is 0 Å². The summed E-state index contributed by atoms with van der Waals surface area (Å²) in [4.78, 5) is 19.7. The molecule has 0 aliphatic carbocycles. The summed E-state index contributed by atoms with van der Waals surface area (Å²) in [5.41, 5.74) is -0.303. The molecule has 0 amide bonds. The van der Waals surface area contributed by atoms with Crippen molar-refractivity contribution in [3.63, 3.8) is 0 Å². The third-order valence-electron chi connectivity index (χ3n) is 1.79. The Morgan fingerprint density at radius 1 is 1.35 bits per heavy atom. The molecule has 0 bridgehead atoms. The zero-order chi connectivity index (χ0) is 13.8. The van der Waals surface area contributed by atoms with Crippen LogP contribution in [-0.2, 0) is 9.59 Å². The van der Waals surface area contributed by atoms with Crippen molar-refractivity contribution < 1.29 is 24.9 Å². The number of carboxylic acids is 2. The molecular formula is C12H20O5. The van der Waals surface area contributed by atoms with Gasteiger partial charge in [-0.2, -0.15) is 0 Å². The maximum atomic E-state index is 9.87. The molecule has 0 aliphatic heterocycles. The van der Waals surface area contributed by atoms with Gasteiger partial charge in [0.05, 0.1) is 12.5 Å². The average Bonchev–Trinajstić information content (AvgIpc) is 2.25. The summed E-state index contributed by atoms with van der Waals surface area (Å²) in [6.45, 7) is 8.58. The van der Waals surface area contributed by atoms with E-state index in [0.29, 0.717) is 0 Å². The molecule has 98 valence electrons. The molecule has 0 aromatic heterocycles. The number of aliphatic hydroxyl groups is 1. The van der Waals surface area contributed by atoms with Gasteiger partial charge in [-0.3, -0.25) is 4.79 Å². The third kappa shape index (κ3) is 14.4. The van der Waals surface area contributed by atoms with E-state index in [0.717, 1.165) is 19.3 Å². The predicted molar refractivity (Wildman–Crippen MR) is 64.8 cm³/mol. The van der Waals surface area contributed by atoms with Gasteiger partial charge in [0.25, 0.3) is 0 Å². The van der Waals surface area contributed by atoms with Crippen LogP contribution in [0.4, 0.5) is 0 Å².